The maximum absolute atomic E-state index is 12.6. The number of carbonyl (C=O) groups is 3. The molecule has 4 rings (SSSR count). The lowest BCUT2D eigenvalue weighted by molar-refractivity contribution is -0.140. The zero-order valence-corrected chi connectivity index (χ0v) is 16.4. The van der Waals surface area contributed by atoms with E-state index in [1.807, 2.05) is 26.0 Å². The van der Waals surface area contributed by atoms with Gasteiger partial charge in [-0.3, -0.25) is 19.3 Å². The van der Waals surface area contributed by atoms with Crippen LogP contribution in [0.15, 0.2) is 28.8 Å². The average Bonchev–Trinajstić information content (AvgIpc) is 3.26. The van der Waals surface area contributed by atoms with Crippen molar-refractivity contribution in [3.63, 3.8) is 0 Å². The molecule has 2 fully saturated rings. The number of benzene rings is 1. The Morgan fingerprint density at radius 1 is 1.12 bits per heavy atom. The van der Waals surface area contributed by atoms with Gasteiger partial charge in [0, 0.05) is 23.1 Å². The van der Waals surface area contributed by atoms with Crippen LogP contribution >= 0.6 is 15.9 Å². The van der Waals surface area contributed by atoms with Gasteiger partial charge in [-0.15, -0.1) is 0 Å². The van der Waals surface area contributed by atoms with E-state index in [0.29, 0.717) is 0 Å². The maximum Gasteiger partial charge on any atom is 0.233 e. The smallest absolute Gasteiger partial charge is 0.233 e. The summed E-state index contributed by atoms with van der Waals surface area (Å²) in [6.45, 7) is 4.05. The first-order valence-corrected chi connectivity index (χ1v) is 9.76. The van der Waals surface area contributed by atoms with Crippen molar-refractivity contribution in [2.75, 3.05) is 11.9 Å². The van der Waals surface area contributed by atoms with Gasteiger partial charge in [-0.2, -0.15) is 0 Å². The van der Waals surface area contributed by atoms with Gasteiger partial charge in [0.1, 0.15) is 0 Å². The predicted octanol–water partition coefficient (Wildman–Crippen LogP) is 3.20. The number of fused-ring (bicyclic) bond motifs is 5. The van der Waals surface area contributed by atoms with Gasteiger partial charge in [-0.1, -0.05) is 28.1 Å². The van der Waals surface area contributed by atoms with Gasteiger partial charge in [0.2, 0.25) is 17.7 Å². The van der Waals surface area contributed by atoms with E-state index >= 15 is 0 Å². The monoisotopic (exact) mass is 416 g/mol. The van der Waals surface area contributed by atoms with Gasteiger partial charge in [0.05, 0.1) is 11.8 Å². The minimum absolute atomic E-state index is 0.0969. The molecule has 1 heterocycles. The molecule has 1 N–H and O–H groups in total. The van der Waals surface area contributed by atoms with E-state index in [1.165, 1.54) is 4.90 Å². The Morgan fingerprint density at radius 2 is 1.73 bits per heavy atom. The fraction of sp³-hybridized carbons (Fsp3) is 0.450. The molecule has 1 aromatic carbocycles. The second kappa shape index (κ2) is 6.34. The van der Waals surface area contributed by atoms with Crippen molar-refractivity contribution < 1.29 is 14.4 Å². The zero-order valence-electron chi connectivity index (χ0n) is 14.8. The summed E-state index contributed by atoms with van der Waals surface area (Å²) in [6.07, 6.45) is 5.19. The summed E-state index contributed by atoms with van der Waals surface area (Å²) in [5, 5.41) is 2.89. The molecule has 5 nitrogen and oxygen atoms in total. The van der Waals surface area contributed by atoms with Crippen molar-refractivity contribution in [3.05, 3.63) is 39.9 Å². The van der Waals surface area contributed by atoms with Gasteiger partial charge >= 0.3 is 0 Å². The van der Waals surface area contributed by atoms with Crippen molar-refractivity contribution in [3.8, 4) is 0 Å². The summed E-state index contributed by atoms with van der Waals surface area (Å²) in [7, 11) is 0. The van der Waals surface area contributed by atoms with Crippen LogP contribution in [-0.4, -0.2) is 29.2 Å². The molecule has 4 atom stereocenters. The van der Waals surface area contributed by atoms with Crippen molar-refractivity contribution in [1.82, 2.24) is 4.90 Å². The fourth-order valence-electron chi connectivity index (χ4n) is 4.53. The number of anilines is 1. The lowest BCUT2D eigenvalue weighted by Crippen LogP contribution is -2.35. The molecule has 1 saturated carbocycles. The summed E-state index contributed by atoms with van der Waals surface area (Å²) in [6, 6.07) is 3.87. The number of nitrogens with one attached hydrogen (secondary N) is 1. The summed E-state index contributed by atoms with van der Waals surface area (Å²) in [4.78, 5) is 38.9. The van der Waals surface area contributed by atoms with E-state index in [1.54, 1.807) is 0 Å². The minimum atomic E-state index is -0.197. The highest BCUT2D eigenvalue weighted by Crippen LogP contribution is 2.52. The predicted molar refractivity (Wildman–Crippen MR) is 101 cm³/mol. The third kappa shape index (κ3) is 2.71. The molecular formula is C20H21BrN2O3. The Balaban J connectivity index is 1.39. The van der Waals surface area contributed by atoms with Crippen molar-refractivity contribution >= 4 is 39.3 Å². The van der Waals surface area contributed by atoms with Gasteiger partial charge in [-0.25, -0.2) is 0 Å². The van der Waals surface area contributed by atoms with E-state index in [2.05, 4.69) is 33.4 Å². The topological polar surface area (TPSA) is 66.5 Å². The molecule has 1 saturated heterocycles. The van der Waals surface area contributed by atoms with Crippen LogP contribution in [0.5, 0.6) is 0 Å². The van der Waals surface area contributed by atoms with Crippen LogP contribution in [0, 0.1) is 37.5 Å². The fourth-order valence-corrected chi connectivity index (χ4v) is 4.98. The largest absolute Gasteiger partial charge is 0.326 e. The quantitative estimate of drug-likeness (QED) is 0.605. The zero-order chi connectivity index (χ0) is 18.6. The standard InChI is InChI=1S/C20H21BrN2O3/c1-10-8-15(11(2)7-14(10)21)22-16(24)5-6-23-19(25)17-12-3-4-13(9-12)18(17)20(23)26/h3-4,7-8,12-13,17-18H,5-6,9H2,1-2H3,(H,22,24)/t12-,13+,17-,18+. The van der Waals surface area contributed by atoms with Crippen molar-refractivity contribution in [2.45, 2.75) is 26.7 Å². The Labute approximate surface area is 160 Å². The molecule has 6 heteroatoms. The number of halogens is 1. The van der Waals surface area contributed by atoms with Crippen LogP contribution in [-0.2, 0) is 14.4 Å². The number of nitrogens with zero attached hydrogens (tertiary/aromatic N) is 1. The molecule has 3 aliphatic rings. The molecule has 0 spiro atoms. The van der Waals surface area contributed by atoms with E-state index in [4.69, 9.17) is 0 Å². The molecule has 3 amide bonds. The second-order valence-corrected chi connectivity index (χ2v) is 8.40. The number of hydrogen-bond donors (Lipinski definition) is 1. The molecule has 1 aromatic rings. The lowest BCUT2D eigenvalue weighted by Gasteiger charge is -2.17. The van der Waals surface area contributed by atoms with Gasteiger partial charge < -0.3 is 5.32 Å². The number of allylic oxidation sites excluding steroid dienone is 2. The Kier molecular flexibility index (Phi) is 4.26. The first kappa shape index (κ1) is 17.5. The lowest BCUT2D eigenvalue weighted by atomic mass is 9.85. The molecule has 0 unspecified atom stereocenters. The van der Waals surface area contributed by atoms with Gasteiger partial charge in [-0.05, 0) is 55.4 Å². The van der Waals surface area contributed by atoms with E-state index < -0.39 is 0 Å². The Morgan fingerprint density at radius 3 is 2.35 bits per heavy atom. The highest BCUT2D eigenvalue weighted by atomic mass is 79.9. The summed E-state index contributed by atoms with van der Waals surface area (Å²) in [5.74, 6) is -0.370. The number of amides is 3. The summed E-state index contributed by atoms with van der Waals surface area (Å²) >= 11 is 3.47. The van der Waals surface area contributed by atoms with Crippen LogP contribution in [0.25, 0.3) is 0 Å². The van der Waals surface area contributed by atoms with Crippen LogP contribution < -0.4 is 5.32 Å². The first-order chi connectivity index (χ1) is 12.4. The summed E-state index contributed by atoms with van der Waals surface area (Å²) in [5.41, 5.74) is 2.75. The minimum Gasteiger partial charge on any atom is -0.326 e. The summed E-state index contributed by atoms with van der Waals surface area (Å²) < 4.78 is 0.996. The highest BCUT2D eigenvalue weighted by molar-refractivity contribution is 9.10. The third-order valence-electron chi connectivity index (χ3n) is 5.90. The SMILES string of the molecule is Cc1cc(NC(=O)CCN2C(=O)[C@@H]3[C@H](C2=O)[C@@H]2C=C[C@H]3C2)c(C)cc1Br. The molecule has 2 aliphatic carbocycles. The maximum atomic E-state index is 12.6. The molecule has 0 aromatic heterocycles. The van der Waals surface area contributed by atoms with Gasteiger partial charge in [0.15, 0.2) is 0 Å². The number of likely N-dealkylation sites (tertiary alicyclic amines) is 1. The number of carbonyl (C=O) groups excluding carboxylic acids is 3. The van der Waals surface area contributed by atoms with Crippen LogP contribution in [0.3, 0.4) is 0 Å². The highest BCUT2D eigenvalue weighted by Gasteiger charge is 2.58. The average molecular weight is 417 g/mol. The van der Waals surface area contributed by atoms with E-state index in [0.717, 1.165) is 27.7 Å². The van der Waals surface area contributed by atoms with Crippen LogP contribution in [0.4, 0.5) is 5.69 Å². The molecule has 1 aliphatic heterocycles. The van der Waals surface area contributed by atoms with Crippen LogP contribution in [0.1, 0.15) is 24.0 Å². The molecule has 136 valence electrons. The Bertz CT molecular complexity index is 818. The number of imide groups is 1. The van der Waals surface area contributed by atoms with Crippen LogP contribution in [0.2, 0.25) is 0 Å². The van der Waals surface area contributed by atoms with Crippen molar-refractivity contribution in [1.29, 1.82) is 0 Å². The normalized spacial score (nSPS) is 28.8. The number of aryl methyl sites for hydroxylation is 2. The molecule has 0 radical (unpaired) electrons. The molecular weight excluding hydrogens is 396 g/mol. The third-order valence-corrected chi connectivity index (χ3v) is 6.76. The van der Waals surface area contributed by atoms with E-state index in [-0.39, 0.29) is 54.4 Å². The number of hydrogen-bond acceptors (Lipinski definition) is 3. The van der Waals surface area contributed by atoms with E-state index in [9.17, 15) is 14.4 Å². The number of rotatable bonds is 4. The second-order valence-electron chi connectivity index (χ2n) is 7.54. The molecule has 2 bridgehead atoms. The Hall–Kier alpha value is -1.95. The molecule has 26 heavy (non-hydrogen) atoms. The van der Waals surface area contributed by atoms with Crippen molar-refractivity contribution in [2.24, 2.45) is 23.7 Å². The van der Waals surface area contributed by atoms with Gasteiger partial charge in [0.25, 0.3) is 0 Å². The first-order valence-electron chi connectivity index (χ1n) is 8.97.